The molecule has 0 aromatic carbocycles. The van der Waals surface area contributed by atoms with Crippen LogP contribution in [0.5, 0.6) is 5.88 Å². The Balaban J connectivity index is 1.75. The SMILES string of the molecule is COc1cc(-c2c[nH]c(=O)c(N[C@@H]3CCCN(C(=O)/C=C/CN)C3)c2)ccn1. The van der Waals surface area contributed by atoms with E-state index in [-0.39, 0.29) is 17.5 Å². The van der Waals surface area contributed by atoms with E-state index in [1.54, 1.807) is 30.5 Å². The number of piperidine rings is 1. The lowest BCUT2D eigenvalue weighted by atomic mass is 10.0. The molecule has 0 aliphatic carbocycles. The van der Waals surface area contributed by atoms with Crippen LogP contribution in [0.3, 0.4) is 0 Å². The number of nitrogens with one attached hydrogen (secondary N) is 2. The topological polar surface area (TPSA) is 113 Å². The largest absolute Gasteiger partial charge is 0.481 e. The Morgan fingerprint density at radius 3 is 3.11 bits per heavy atom. The molecule has 1 aliphatic heterocycles. The highest BCUT2D eigenvalue weighted by atomic mass is 16.5. The molecule has 8 nitrogen and oxygen atoms in total. The molecule has 3 heterocycles. The molecule has 28 heavy (non-hydrogen) atoms. The summed E-state index contributed by atoms with van der Waals surface area (Å²) in [6.07, 6.45) is 8.24. The second-order valence-corrected chi connectivity index (χ2v) is 6.62. The van der Waals surface area contributed by atoms with Gasteiger partial charge in [0.2, 0.25) is 11.8 Å². The summed E-state index contributed by atoms with van der Waals surface area (Å²) in [4.78, 5) is 33.1. The van der Waals surface area contributed by atoms with Gasteiger partial charge in [0.15, 0.2) is 0 Å². The summed E-state index contributed by atoms with van der Waals surface area (Å²) in [6, 6.07) is 5.47. The second kappa shape index (κ2) is 9.18. The van der Waals surface area contributed by atoms with E-state index in [1.807, 2.05) is 18.2 Å². The Morgan fingerprint density at radius 1 is 1.46 bits per heavy atom. The number of ether oxygens (including phenoxy) is 1. The van der Waals surface area contributed by atoms with E-state index in [0.717, 1.165) is 24.0 Å². The highest BCUT2D eigenvalue weighted by Gasteiger charge is 2.23. The number of carbonyl (C=O) groups is 1. The van der Waals surface area contributed by atoms with E-state index in [2.05, 4.69) is 15.3 Å². The molecule has 3 rings (SSSR count). The van der Waals surface area contributed by atoms with Crippen LogP contribution in [0.2, 0.25) is 0 Å². The molecule has 0 radical (unpaired) electrons. The van der Waals surface area contributed by atoms with Gasteiger partial charge in [-0.1, -0.05) is 6.08 Å². The standard InChI is InChI=1S/C20H25N5O3/c1-28-18-11-14(6-8-22-18)15-10-17(20(27)23-12-15)24-16-4-3-9-25(13-16)19(26)5-2-7-21/h2,5-6,8,10-12,16,24H,3-4,7,9,13,21H2,1H3,(H,23,27)/b5-2+/t16-/m1/s1. The summed E-state index contributed by atoms with van der Waals surface area (Å²) in [5.41, 5.74) is 7.42. The second-order valence-electron chi connectivity index (χ2n) is 6.62. The zero-order valence-electron chi connectivity index (χ0n) is 15.9. The fourth-order valence-corrected chi connectivity index (χ4v) is 3.25. The molecule has 0 saturated carbocycles. The van der Waals surface area contributed by atoms with Gasteiger partial charge in [-0.2, -0.15) is 0 Å². The van der Waals surface area contributed by atoms with Crippen molar-refractivity contribution in [3.8, 4) is 17.0 Å². The van der Waals surface area contributed by atoms with Crippen molar-refractivity contribution >= 4 is 11.6 Å². The van der Waals surface area contributed by atoms with Gasteiger partial charge in [0, 0.05) is 55.8 Å². The Morgan fingerprint density at radius 2 is 2.32 bits per heavy atom. The Bertz CT molecular complexity index is 909. The van der Waals surface area contributed by atoms with Gasteiger partial charge in [-0.25, -0.2) is 4.98 Å². The minimum Gasteiger partial charge on any atom is -0.481 e. The molecule has 1 aliphatic rings. The van der Waals surface area contributed by atoms with Crippen molar-refractivity contribution < 1.29 is 9.53 Å². The summed E-state index contributed by atoms with van der Waals surface area (Å²) in [6.45, 7) is 1.59. The number of aromatic nitrogens is 2. The van der Waals surface area contributed by atoms with Gasteiger partial charge in [0.05, 0.1) is 7.11 Å². The molecule has 2 aromatic rings. The summed E-state index contributed by atoms with van der Waals surface area (Å²) >= 11 is 0. The maximum Gasteiger partial charge on any atom is 0.271 e. The fourth-order valence-electron chi connectivity index (χ4n) is 3.25. The van der Waals surface area contributed by atoms with Gasteiger partial charge in [0.25, 0.3) is 5.56 Å². The smallest absolute Gasteiger partial charge is 0.271 e. The normalized spacial score (nSPS) is 16.9. The van der Waals surface area contributed by atoms with Crippen molar-refractivity contribution in [3.63, 3.8) is 0 Å². The third-order valence-electron chi connectivity index (χ3n) is 4.67. The number of anilines is 1. The van der Waals surface area contributed by atoms with E-state index in [0.29, 0.717) is 31.2 Å². The number of hydrogen-bond donors (Lipinski definition) is 3. The lowest BCUT2D eigenvalue weighted by Crippen LogP contribution is -2.45. The maximum atomic E-state index is 12.3. The molecule has 148 valence electrons. The van der Waals surface area contributed by atoms with Gasteiger partial charge in [-0.15, -0.1) is 0 Å². The van der Waals surface area contributed by atoms with E-state index < -0.39 is 0 Å². The van der Waals surface area contributed by atoms with Crippen LogP contribution in [0, 0.1) is 0 Å². The number of rotatable bonds is 6. The average molecular weight is 383 g/mol. The number of amides is 1. The van der Waals surface area contributed by atoms with Crippen LogP contribution in [0.1, 0.15) is 12.8 Å². The Labute approximate surface area is 163 Å². The summed E-state index contributed by atoms with van der Waals surface area (Å²) in [7, 11) is 1.56. The first-order valence-corrected chi connectivity index (χ1v) is 9.26. The number of hydrogen-bond acceptors (Lipinski definition) is 6. The zero-order valence-corrected chi connectivity index (χ0v) is 15.9. The Kier molecular flexibility index (Phi) is 6.44. The minimum atomic E-state index is -0.198. The van der Waals surface area contributed by atoms with Crippen molar-refractivity contribution in [3.05, 3.63) is 53.1 Å². The van der Waals surface area contributed by atoms with Crippen LogP contribution >= 0.6 is 0 Å². The van der Waals surface area contributed by atoms with Gasteiger partial charge in [0.1, 0.15) is 5.69 Å². The predicted molar refractivity (Wildman–Crippen MR) is 108 cm³/mol. The molecular weight excluding hydrogens is 358 g/mol. The fraction of sp³-hybridized carbons (Fsp3) is 0.350. The number of nitrogens with zero attached hydrogens (tertiary/aromatic N) is 2. The Hall–Kier alpha value is -3.13. The van der Waals surface area contributed by atoms with Crippen molar-refractivity contribution in [2.75, 3.05) is 32.1 Å². The number of aromatic amines is 1. The molecule has 2 aromatic heterocycles. The number of pyridine rings is 2. The number of carbonyl (C=O) groups excluding carboxylic acids is 1. The van der Waals surface area contributed by atoms with Gasteiger partial charge >= 0.3 is 0 Å². The van der Waals surface area contributed by atoms with Crippen molar-refractivity contribution in [1.82, 2.24) is 14.9 Å². The first-order chi connectivity index (χ1) is 13.6. The average Bonchev–Trinajstić information content (AvgIpc) is 2.73. The molecule has 0 spiro atoms. The van der Waals surface area contributed by atoms with Crippen molar-refractivity contribution in [1.29, 1.82) is 0 Å². The number of nitrogens with two attached hydrogens (primary N) is 1. The van der Waals surface area contributed by atoms with E-state index in [4.69, 9.17) is 10.5 Å². The molecule has 0 bridgehead atoms. The lowest BCUT2D eigenvalue weighted by molar-refractivity contribution is -0.127. The first kappa shape index (κ1) is 19.6. The zero-order chi connectivity index (χ0) is 19.9. The predicted octanol–water partition coefficient (Wildman–Crippen LogP) is 1.36. The van der Waals surface area contributed by atoms with E-state index in [1.165, 1.54) is 6.08 Å². The van der Waals surface area contributed by atoms with Crippen LogP contribution in [-0.4, -0.2) is 53.6 Å². The van der Waals surface area contributed by atoms with Gasteiger partial charge < -0.3 is 25.7 Å². The van der Waals surface area contributed by atoms with Gasteiger partial charge in [-0.3, -0.25) is 9.59 Å². The number of methoxy groups -OCH3 is 1. The molecular formula is C20H25N5O3. The third kappa shape index (κ3) is 4.77. The molecule has 4 N–H and O–H groups in total. The van der Waals surface area contributed by atoms with Crippen LogP contribution in [-0.2, 0) is 4.79 Å². The molecule has 1 saturated heterocycles. The summed E-state index contributed by atoms with van der Waals surface area (Å²) in [5.74, 6) is 0.452. The van der Waals surface area contributed by atoms with Crippen LogP contribution in [0.4, 0.5) is 5.69 Å². The monoisotopic (exact) mass is 383 g/mol. The third-order valence-corrected chi connectivity index (χ3v) is 4.67. The minimum absolute atomic E-state index is 0.00676. The van der Waals surface area contributed by atoms with Crippen molar-refractivity contribution in [2.45, 2.75) is 18.9 Å². The van der Waals surface area contributed by atoms with E-state index >= 15 is 0 Å². The lowest BCUT2D eigenvalue weighted by Gasteiger charge is -2.33. The van der Waals surface area contributed by atoms with Crippen LogP contribution in [0.25, 0.3) is 11.1 Å². The van der Waals surface area contributed by atoms with Crippen LogP contribution in [0.15, 0.2) is 47.5 Å². The molecule has 1 atom stereocenters. The molecule has 8 heteroatoms. The van der Waals surface area contributed by atoms with Gasteiger partial charge in [-0.05, 0) is 30.5 Å². The first-order valence-electron chi connectivity index (χ1n) is 9.26. The molecule has 1 amide bonds. The van der Waals surface area contributed by atoms with Crippen molar-refractivity contribution in [2.24, 2.45) is 5.73 Å². The quantitative estimate of drug-likeness (QED) is 0.649. The number of likely N-dealkylation sites (tertiary alicyclic amines) is 1. The highest BCUT2D eigenvalue weighted by molar-refractivity contribution is 5.87. The molecule has 1 fully saturated rings. The van der Waals surface area contributed by atoms with E-state index in [9.17, 15) is 9.59 Å². The summed E-state index contributed by atoms with van der Waals surface area (Å²) in [5, 5.41) is 3.30. The molecule has 0 unspecified atom stereocenters. The number of H-pyrrole nitrogens is 1. The van der Waals surface area contributed by atoms with Crippen LogP contribution < -0.4 is 21.3 Å². The maximum absolute atomic E-state index is 12.3. The highest BCUT2D eigenvalue weighted by Crippen LogP contribution is 2.23. The summed E-state index contributed by atoms with van der Waals surface area (Å²) < 4.78 is 5.16.